The first-order valence-electron chi connectivity index (χ1n) is 12.5. The van der Waals surface area contributed by atoms with Crippen LogP contribution in [-0.2, 0) is 30.6 Å². The van der Waals surface area contributed by atoms with Gasteiger partial charge in [0.2, 0.25) is 5.91 Å². The van der Waals surface area contributed by atoms with Crippen LogP contribution in [0.3, 0.4) is 0 Å². The van der Waals surface area contributed by atoms with Crippen LogP contribution in [0.2, 0.25) is 0 Å². The molecule has 1 aromatic heterocycles. The molecule has 2 heterocycles. The number of aromatic nitrogens is 1. The second-order valence-electron chi connectivity index (χ2n) is 10.1. The van der Waals surface area contributed by atoms with Crippen LogP contribution >= 0.6 is 0 Å². The fourth-order valence-corrected chi connectivity index (χ4v) is 4.82. The van der Waals surface area contributed by atoms with E-state index in [0.717, 1.165) is 29.7 Å². The van der Waals surface area contributed by atoms with Gasteiger partial charge in [0.05, 0.1) is 6.61 Å². The van der Waals surface area contributed by atoms with Crippen molar-refractivity contribution in [1.82, 2.24) is 9.88 Å². The number of carbonyl (C=O) groups excluding carboxylic acids is 1. The van der Waals surface area contributed by atoms with Crippen LogP contribution in [0.25, 0.3) is 0 Å². The van der Waals surface area contributed by atoms with Crippen LogP contribution in [0.15, 0.2) is 67.0 Å². The summed E-state index contributed by atoms with van der Waals surface area (Å²) in [6, 6.07) is 19.0. The summed E-state index contributed by atoms with van der Waals surface area (Å²) in [6.07, 6.45) is 6.25. The average molecular weight is 473 g/mol. The maximum atomic E-state index is 12.9. The summed E-state index contributed by atoms with van der Waals surface area (Å²) in [5, 5.41) is 9.42. The Hall–Kier alpha value is -3.18. The van der Waals surface area contributed by atoms with E-state index in [4.69, 9.17) is 4.74 Å². The van der Waals surface area contributed by atoms with Crippen LogP contribution < -0.4 is 4.74 Å². The molecule has 0 bridgehead atoms. The number of rotatable bonds is 10. The fourth-order valence-electron chi connectivity index (χ4n) is 4.82. The lowest BCUT2D eigenvalue weighted by Crippen LogP contribution is -2.33. The zero-order valence-electron chi connectivity index (χ0n) is 21.0. The van der Waals surface area contributed by atoms with Gasteiger partial charge in [-0.25, -0.2) is 0 Å². The standard InChI is InChI=1S/C30H36N2O3/c1-22(2)26-10-6-24(7-11-26)18-30(3)19-27-17-23(8-12-28(27)35-30)9-13-29(34)32(15-16-33)21-25-5-4-14-31-20-25/h4-8,10-12,14,17,20,22,33H,9,13,15-16,18-19,21H2,1-3H3/t30-/m0/s1. The number of hydrogen-bond donors (Lipinski definition) is 1. The number of amides is 1. The number of aliphatic hydroxyl groups is 1. The van der Waals surface area contributed by atoms with E-state index in [1.807, 2.05) is 18.2 Å². The molecule has 0 radical (unpaired) electrons. The van der Waals surface area contributed by atoms with E-state index in [2.05, 4.69) is 62.2 Å². The van der Waals surface area contributed by atoms with Gasteiger partial charge in [0.25, 0.3) is 0 Å². The van der Waals surface area contributed by atoms with Gasteiger partial charge in [-0.05, 0) is 59.2 Å². The minimum Gasteiger partial charge on any atom is -0.487 e. The Balaban J connectivity index is 1.35. The Kier molecular flexibility index (Phi) is 7.86. The Morgan fingerprint density at radius 3 is 2.57 bits per heavy atom. The van der Waals surface area contributed by atoms with Crippen molar-refractivity contribution in [3.63, 3.8) is 0 Å². The van der Waals surface area contributed by atoms with Gasteiger partial charge in [-0.2, -0.15) is 0 Å². The highest BCUT2D eigenvalue weighted by Crippen LogP contribution is 2.37. The predicted molar refractivity (Wildman–Crippen MR) is 138 cm³/mol. The SMILES string of the molecule is CC(C)c1ccc(C[C@@]2(C)Cc3cc(CCC(=O)N(CCO)Cc4cccnc4)ccc3O2)cc1. The molecule has 3 aromatic rings. The average Bonchev–Trinajstić information content (AvgIpc) is 3.18. The predicted octanol–water partition coefficient (Wildman–Crippen LogP) is 5.10. The van der Waals surface area contributed by atoms with Gasteiger partial charge in [-0.1, -0.05) is 56.3 Å². The van der Waals surface area contributed by atoms with Crippen molar-refractivity contribution in [3.05, 3.63) is 94.8 Å². The topological polar surface area (TPSA) is 62.7 Å². The van der Waals surface area contributed by atoms with Crippen molar-refractivity contribution < 1.29 is 14.6 Å². The monoisotopic (exact) mass is 472 g/mol. The number of ether oxygens (including phenoxy) is 1. The summed E-state index contributed by atoms with van der Waals surface area (Å²) < 4.78 is 6.38. The van der Waals surface area contributed by atoms with Gasteiger partial charge in [0.15, 0.2) is 0 Å². The largest absolute Gasteiger partial charge is 0.487 e. The molecule has 1 aliphatic heterocycles. The maximum absolute atomic E-state index is 12.9. The Morgan fingerprint density at radius 1 is 1.11 bits per heavy atom. The van der Waals surface area contributed by atoms with Crippen LogP contribution in [0.1, 0.15) is 60.9 Å². The van der Waals surface area contributed by atoms with Crippen LogP contribution in [0, 0.1) is 0 Å². The lowest BCUT2D eigenvalue weighted by Gasteiger charge is -2.24. The molecule has 1 atom stereocenters. The zero-order chi connectivity index (χ0) is 24.8. The van der Waals surface area contributed by atoms with E-state index < -0.39 is 0 Å². The first kappa shape index (κ1) is 24.9. The summed E-state index contributed by atoms with van der Waals surface area (Å²) in [4.78, 5) is 18.7. The summed E-state index contributed by atoms with van der Waals surface area (Å²) in [6.45, 7) is 7.33. The molecule has 0 saturated heterocycles. The molecule has 5 heteroatoms. The minimum absolute atomic E-state index is 0.0364. The number of benzene rings is 2. The molecule has 0 fully saturated rings. The Morgan fingerprint density at radius 2 is 1.89 bits per heavy atom. The van der Waals surface area contributed by atoms with Crippen molar-refractivity contribution in [1.29, 1.82) is 0 Å². The lowest BCUT2D eigenvalue weighted by molar-refractivity contribution is -0.132. The molecule has 35 heavy (non-hydrogen) atoms. The van der Waals surface area contributed by atoms with Crippen molar-refractivity contribution in [2.45, 2.75) is 64.5 Å². The highest BCUT2D eigenvalue weighted by atomic mass is 16.5. The normalized spacial score (nSPS) is 16.7. The van der Waals surface area contributed by atoms with Gasteiger partial charge in [-0.3, -0.25) is 9.78 Å². The number of aliphatic hydroxyl groups excluding tert-OH is 1. The number of pyridine rings is 1. The highest BCUT2D eigenvalue weighted by molar-refractivity contribution is 5.76. The Labute approximate surface area is 208 Å². The van der Waals surface area contributed by atoms with E-state index >= 15 is 0 Å². The zero-order valence-corrected chi connectivity index (χ0v) is 21.0. The van der Waals surface area contributed by atoms with Gasteiger partial charge in [0.1, 0.15) is 11.4 Å². The smallest absolute Gasteiger partial charge is 0.223 e. The first-order valence-corrected chi connectivity index (χ1v) is 12.5. The molecule has 184 valence electrons. The van der Waals surface area contributed by atoms with Crippen molar-refractivity contribution >= 4 is 5.91 Å². The maximum Gasteiger partial charge on any atom is 0.223 e. The molecule has 0 aliphatic carbocycles. The third kappa shape index (κ3) is 6.49. The van der Waals surface area contributed by atoms with Crippen molar-refractivity contribution in [3.8, 4) is 5.75 Å². The summed E-state index contributed by atoms with van der Waals surface area (Å²) >= 11 is 0. The number of fused-ring (bicyclic) bond motifs is 1. The van der Waals surface area contributed by atoms with Crippen LogP contribution in [0.5, 0.6) is 5.75 Å². The molecule has 1 aliphatic rings. The number of nitrogens with zero attached hydrogens (tertiary/aromatic N) is 2. The molecule has 1 N–H and O–H groups in total. The molecule has 0 spiro atoms. The highest BCUT2D eigenvalue weighted by Gasteiger charge is 2.35. The van der Waals surface area contributed by atoms with Gasteiger partial charge in [-0.15, -0.1) is 0 Å². The molecule has 4 rings (SSSR count). The summed E-state index contributed by atoms with van der Waals surface area (Å²) in [5.74, 6) is 1.51. The van der Waals surface area contributed by atoms with E-state index in [1.54, 1.807) is 17.3 Å². The lowest BCUT2D eigenvalue weighted by atomic mass is 9.90. The van der Waals surface area contributed by atoms with E-state index in [1.165, 1.54) is 16.7 Å². The minimum atomic E-state index is -0.266. The summed E-state index contributed by atoms with van der Waals surface area (Å²) in [7, 11) is 0. The van der Waals surface area contributed by atoms with Crippen LogP contribution in [0.4, 0.5) is 0 Å². The van der Waals surface area contributed by atoms with E-state index in [-0.39, 0.29) is 18.1 Å². The quantitative estimate of drug-likeness (QED) is 0.446. The van der Waals surface area contributed by atoms with Gasteiger partial charge in [0, 0.05) is 44.7 Å². The first-order chi connectivity index (χ1) is 16.8. The van der Waals surface area contributed by atoms with E-state index in [0.29, 0.717) is 31.8 Å². The van der Waals surface area contributed by atoms with Gasteiger partial charge >= 0.3 is 0 Å². The molecular formula is C30H36N2O3. The second-order valence-corrected chi connectivity index (χ2v) is 10.1. The van der Waals surface area contributed by atoms with E-state index in [9.17, 15) is 9.90 Å². The fraction of sp³-hybridized carbons (Fsp3) is 0.400. The third-order valence-electron chi connectivity index (χ3n) is 6.72. The molecule has 0 saturated carbocycles. The second kappa shape index (κ2) is 11.0. The number of carbonyl (C=O) groups is 1. The molecule has 5 nitrogen and oxygen atoms in total. The third-order valence-corrected chi connectivity index (χ3v) is 6.72. The molecule has 0 unspecified atom stereocenters. The molecule has 2 aromatic carbocycles. The summed E-state index contributed by atoms with van der Waals surface area (Å²) in [5.41, 5.74) is 5.68. The van der Waals surface area contributed by atoms with Crippen LogP contribution in [-0.4, -0.2) is 39.7 Å². The van der Waals surface area contributed by atoms with Crippen molar-refractivity contribution in [2.75, 3.05) is 13.2 Å². The number of aryl methyl sites for hydroxylation is 1. The molecule has 1 amide bonds. The Bertz CT molecular complexity index is 1130. The number of hydrogen-bond acceptors (Lipinski definition) is 4. The van der Waals surface area contributed by atoms with Gasteiger partial charge < -0.3 is 14.7 Å². The van der Waals surface area contributed by atoms with Crippen molar-refractivity contribution in [2.24, 2.45) is 0 Å². The molecular weight excluding hydrogens is 436 g/mol.